The minimum Gasteiger partial charge on any atom is -0.455 e. The molecule has 0 spiro atoms. The van der Waals surface area contributed by atoms with Gasteiger partial charge in [-0.15, -0.1) is 0 Å². The van der Waals surface area contributed by atoms with E-state index in [4.69, 9.17) is 8.83 Å². The molecule has 2 nitrogen and oxygen atoms in total. The lowest BCUT2D eigenvalue weighted by Gasteiger charge is -2.28. The summed E-state index contributed by atoms with van der Waals surface area (Å²) < 4.78 is 14.1. The largest absolute Gasteiger partial charge is 0.455 e. The average Bonchev–Trinajstić information content (AvgIpc) is 4.02. The van der Waals surface area contributed by atoms with Crippen LogP contribution in [-0.4, -0.2) is 16.1 Å². The normalized spacial score (nSPS) is 14.4. The molecule has 0 saturated carbocycles. The van der Waals surface area contributed by atoms with Crippen molar-refractivity contribution in [2.75, 3.05) is 0 Å². The van der Waals surface area contributed by atoms with Gasteiger partial charge in [-0.25, -0.2) is 0 Å². The van der Waals surface area contributed by atoms with Crippen LogP contribution in [0.25, 0.3) is 111 Å². The highest BCUT2D eigenvalue weighted by Crippen LogP contribution is 2.49. The lowest BCUT2D eigenvalue weighted by molar-refractivity contribution is 0.670. The smallest absolute Gasteiger partial charge is 0.143 e. The third-order valence-corrected chi connectivity index (χ3v) is 21.5. The van der Waals surface area contributed by atoms with E-state index in [-0.39, 0.29) is 0 Å². The van der Waals surface area contributed by atoms with Crippen LogP contribution in [0, 0.1) is 0 Å². The molecule has 13 rings (SSSR count). The van der Waals surface area contributed by atoms with Crippen LogP contribution < -0.4 is 20.7 Å². The molecule has 2 aromatic heterocycles. The molecule has 0 bridgehead atoms. The van der Waals surface area contributed by atoms with Crippen molar-refractivity contribution < 1.29 is 8.83 Å². The van der Waals surface area contributed by atoms with Crippen molar-refractivity contribution in [3.63, 3.8) is 0 Å². The van der Waals surface area contributed by atoms with Crippen LogP contribution in [0.1, 0.15) is 0 Å². The lowest BCUT2D eigenvalue weighted by Crippen LogP contribution is -2.63. The molecule has 0 radical (unpaired) electrons. The van der Waals surface area contributed by atoms with E-state index in [0.29, 0.717) is 0 Å². The molecule has 0 fully saturated rings. The fourth-order valence-corrected chi connectivity index (χ4v) is 20.0. The molecule has 62 heavy (non-hydrogen) atoms. The van der Waals surface area contributed by atoms with Crippen molar-refractivity contribution in [2.45, 2.75) is 26.2 Å². The van der Waals surface area contributed by atoms with E-state index in [1.165, 1.54) is 93.3 Å². The molecule has 0 unspecified atom stereocenters. The summed E-state index contributed by atoms with van der Waals surface area (Å²) in [4.78, 5) is 0. The fraction of sp³-hybridized carbons (Fsp3) is 0.0690. The Bertz CT molecular complexity index is 3680. The van der Waals surface area contributed by atoms with E-state index in [1.54, 1.807) is 10.4 Å². The summed E-state index contributed by atoms with van der Waals surface area (Å²) in [6, 6.07) is 66.7. The quantitative estimate of drug-likeness (QED) is 0.165. The molecule has 2 aliphatic heterocycles. The Morgan fingerprint density at radius 2 is 0.742 bits per heavy atom. The van der Waals surface area contributed by atoms with Gasteiger partial charge in [-0.1, -0.05) is 196 Å². The molecule has 9 aromatic carbocycles. The zero-order valence-electron chi connectivity index (χ0n) is 35.1. The molecule has 0 N–H and O–H groups in total. The number of furan rings is 2. The van der Waals surface area contributed by atoms with Gasteiger partial charge in [0, 0.05) is 32.7 Å². The van der Waals surface area contributed by atoms with Crippen LogP contribution in [0.2, 0.25) is 26.2 Å². The third kappa shape index (κ3) is 4.74. The van der Waals surface area contributed by atoms with Crippen LogP contribution in [0.3, 0.4) is 0 Å². The van der Waals surface area contributed by atoms with E-state index in [1.807, 2.05) is 0 Å². The van der Waals surface area contributed by atoms with E-state index >= 15 is 0 Å². The molecule has 0 saturated heterocycles. The molecule has 294 valence electrons. The maximum Gasteiger partial charge on any atom is 0.143 e. The maximum atomic E-state index is 7.12. The SMILES string of the molecule is C[Si]1(C)c2cc(-c3ccccc3-c3ccccc3)c3c(oc4ccccc43)c2-c2ccc3c(c21)[Si](C)(C)c1cc(-c2ccccc2-c2ccccc2)c2oc4ccccc4c2c1-3. The van der Waals surface area contributed by atoms with Gasteiger partial charge in [0.25, 0.3) is 0 Å². The summed E-state index contributed by atoms with van der Waals surface area (Å²) in [5.41, 5.74) is 19.0. The summed E-state index contributed by atoms with van der Waals surface area (Å²) in [7, 11) is -4.75. The van der Waals surface area contributed by atoms with Crippen molar-refractivity contribution in [3.8, 4) is 66.8 Å². The second-order valence-electron chi connectivity index (χ2n) is 18.3. The second kappa shape index (κ2) is 12.8. The Morgan fingerprint density at radius 3 is 1.32 bits per heavy atom. The molecular weight excluding hydrogens is 785 g/mol. The van der Waals surface area contributed by atoms with Gasteiger partial charge in [0.05, 0.1) is 0 Å². The first-order valence-corrected chi connectivity index (χ1v) is 27.8. The zero-order chi connectivity index (χ0) is 41.5. The van der Waals surface area contributed by atoms with Crippen molar-refractivity contribution in [2.24, 2.45) is 0 Å². The third-order valence-electron chi connectivity index (χ3n) is 14.2. The topological polar surface area (TPSA) is 26.3 Å². The van der Waals surface area contributed by atoms with Crippen molar-refractivity contribution in [1.82, 2.24) is 0 Å². The number of rotatable bonds is 4. The van der Waals surface area contributed by atoms with Gasteiger partial charge in [-0.05, 0) is 88.5 Å². The summed E-state index contributed by atoms with van der Waals surface area (Å²) in [5.74, 6) is 0. The number of fused-ring (bicyclic) bond motifs is 15. The Balaban J connectivity index is 1.10. The van der Waals surface area contributed by atoms with Crippen molar-refractivity contribution in [3.05, 3.63) is 182 Å². The minimum atomic E-state index is -2.38. The first-order chi connectivity index (χ1) is 30.3. The first-order valence-electron chi connectivity index (χ1n) is 21.8. The molecule has 0 atom stereocenters. The fourth-order valence-electron chi connectivity index (χ4n) is 11.5. The first kappa shape index (κ1) is 35.7. The van der Waals surface area contributed by atoms with E-state index in [9.17, 15) is 0 Å². The average molecular weight is 827 g/mol. The zero-order valence-corrected chi connectivity index (χ0v) is 37.1. The van der Waals surface area contributed by atoms with Gasteiger partial charge in [-0.2, -0.15) is 0 Å². The van der Waals surface area contributed by atoms with E-state index in [2.05, 4.69) is 208 Å². The monoisotopic (exact) mass is 826 g/mol. The lowest BCUT2D eigenvalue weighted by atomic mass is 9.89. The Kier molecular flexibility index (Phi) is 7.36. The van der Waals surface area contributed by atoms with Crippen molar-refractivity contribution >= 4 is 80.8 Å². The highest BCUT2D eigenvalue weighted by Gasteiger charge is 2.50. The molecule has 4 heterocycles. The molecule has 0 aliphatic carbocycles. The summed E-state index contributed by atoms with van der Waals surface area (Å²) in [6.07, 6.45) is 0. The standard InChI is InChI=1S/C58H42O2Si2/c1-61(2)49-34-46(40-26-14-12-24-38(40)36-21-9-6-10-22-36)55-54(42-28-16-18-30-48(42)59-55)52(49)43-31-32-44-53-50(62(3,4)58(44)57(43)61)33-45(51-41-27-15-17-29-47(41)60-56(51)53)39-25-13-11-23-37(39)35-19-7-5-8-20-35/h5-34H,1-4H3. The molecule has 0 amide bonds. The van der Waals surface area contributed by atoms with Gasteiger partial charge in [0.2, 0.25) is 0 Å². The molecule has 11 aromatic rings. The number of benzene rings is 9. The van der Waals surface area contributed by atoms with E-state index < -0.39 is 16.1 Å². The number of hydrogen-bond acceptors (Lipinski definition) is 2. The highest BCUT2D eigenvalue weighted by atomic mass is 28.3. The summed E-state index contributed by atoms with van der Waals surface area (Å²) in [6.45, 7) is 10.4. The summed E-state index contributed by atoms with van der Waals surface area (Å²) in [5, 5.41) is 10.9. The molecule has 2 aliphatic rings. The summed E-state index contributed by atoms with van der Waals surface area (Å²) >= 11 is 0. The number of hydrogen-bond donors (Lipinski definition) is 0. The minimum absolute atomic E-state index is 0.932. The van der Waals surface area contributed by atoms with Gasteiger partial charge in [0.1, 0.15) is 38.5 Å². The van der Waals surface area contributed by atoms with Crippen LogP contribution in [-0.2, 0) is 0 Å². The molecule has 4 heteroatoms. The Labute approximate surface area is 362 Å². The predicted molar refractivity (Wildman–Crippen MR) is 267 cm³/mol. The van der Waals surface area contributed by atoms with Gasteiger partial charge < -0.3 is 8.83 Å². The maximum absolute atomic E-state index is 7.12. The second-order valence-corrected chi connectivity index (χ2v) is 26.9. The Hall–Kier alpha value is -6.99. The van der Waals surface area contributed by atoms with Gasteiger partial charge >= 0.3 is 0 Å². The van der Waals surface area contributed by atoms with Crippen LogP contribution in [0.15, 0.2) is 191 Å². The van der Waals surface area contributed by atoms with Crippen LogP contribution >= 0.6 is 0 Å². The van der Waals surface area contributed by atoms with Crippen molar-refractivity contribution in [1.29, 1.82) is 0 Å². The van der Waals surface area contributed by atoms with Gasteiger partial charge in [-0.3, -0.25) is 0 Å². The predicted octanol–water partition coefficient (Wildman–Crippen LogP) is 13.8. The van der Waals surface area contributed by atoms with Crippen LogP contribution in [0.4, 0.5) is 0 Å². The molecular formula is C58H42O2Si2. The van der Waals surface area contributed by atoms with Gasteiger partial charge in [0.15, 0.2) is 0 Å². The Morgan fingerprint density at radius 1 is 0.323 bits per heavy atom. The van der Waals surface area contributed by atoms with Crippen LogP contribution in [0.5, 0.6) is 0 Å². The number of para-hydroxylation sites is 2. The van der Waals surface area contributed by atoms with E-state index in [0.717, 1.165) is 27.7 Å². The highest BCUT2D eigenvalue weighted by molar-refractivity contribution is 7.13.